The summed E-state index contributed by atoms with van der Waals surface area (Å²) in [4.78, 5) is 30.8. The molecule has 24 heavy (non-hydrogen) atoms. The number of carbonyl (C=O) groups excluding carboxylic acids is 2. The van der Waals surface area contributed by atoms with Gasteiger partial charge >= 0.3 is 0 Å². The molecule has 1 atom stereocenters. The summed E-state index contributed by atoms with van der Waals surface area (Å²) < 4.78 is 5.08. The molecule has 0 radical (unpaired) electrons. The number of hydrazine groups is 1. The Kier molecular flexibility index (Phi) is 4.79. The van der Waals surface area contributed by atoms with Crippen LogP contribution in [-0.4, -0.2) is 29.9 Å². The van der Waals surface area contributed by atoms with E-state index < -0.39 is 0 Å². The fourth-order valence-corrected chi connectivity index (χ4v) is 2.85. The van der Waals surface area contributed by atoms with Gasteiger partial charge in [-0.3, -0.25) is 20.4 Å². The number of furan rings is 1. The molecule has 0 unspecified atom stereocenters. The summed E-state index contributed by atoms with van der Waals surface area (Å²) in [6.07, 6.45) is 4.88. The highest BCUT2D eigenvalue weighted by molar-refractivity contribution is 5.96. The third kappa shape index (κ3) is 3.56. The van der Waals surface area contributed by atoms with Crippen molar-refractivity contribution in [3.8, 4) is 0 Å². The van der Waals surface area contributed by atoms with Crippen LogP contribution in [0.1, 0.15) is 29.0 Å². The molecule has 3 rings (SSSR count). The molecule has 0 aliphatic carbocycles. The SMILES string of the molecule is Cc1occc1C(=O)NNC(=O)[C@H]1CCCN(c2ccccn2)C1. The van der Waals surface area contributed by atoms with Gasteiger partial charge in [0, 0.05) is 19.3 Å². The third-order valence-corrected chi connectivity index (χ3v) is 4.17. The normalized spacial score (nSPS) is 17.4. The summed E-state index contributed by atoms with van der Waals surface area (Å²) >= 11 is 0. The van der Waals surface area contributed by atoms with Crippen LogP contribution in [0.4, 0.5) is 5.82 Å². The van der Waals surface area contributed by atoms with Crippen LogP contribution in [0.15, 0.2) is 41.1 Å². The maximum Gasteiger partial charge on any atom is 0.273 e. The van der Waals surface area contributed by atoms with E-state index in [1.807, 2.05) is 18.2 Å². The predicted molar refractivity (Wildman–Crippen MR) is 88.2 cm³/mol. The Bertz CT molecular complexity index is 714. The molecular formula is C17H20N4O3. The number of nitrogens with one attached hydrogen (secondary N) is 2. The lowest BCUT2D eigenvalue weighted by Crippen LogP contribution is -2.49. The maximum atomic E-state index is 12.3. The molecule has 1 fully saturated rings. The molecule has 3 heterocycles. The van der Waals surface area contributed by atoms with Gasteiger partial charge in [0.15, 0.2) is 0 Å². The number of anilines is 1. The summed E-state index contributed by atoms with van der Waals surface area (Å²) in [5, 5.41) is 0. The van der Waals surface area contributed by atoms with E-state index in [1.54, 1.807) is 19.2 Å². The van der Waals surface area contributed by atoms with Crippen LogP contribution in [-0.2, 0) is 4.79 Å². The van der Waals surface area contributed by atoms with Gasteiger partial charge in [0.05, 0.1) is 17.7 Å². The number of hydrogen-bond acceptors (Lipinski definition) is 5. The van der Waals surface area contributed by atoms with E-state index in [1.165, 1.54) is 6.26 Å². The smallest absolute Gasteiger partial charge is 0.273 e. The Hall–Kier alpha value is -2.83. The van der Waals surface area contributed by atoms with Crippen molar-refractivity contribution in [1.82, 2.24) is 15.8 Å². The average Bonchev–Trinajstić information content (AvgIpc) is 3.06. The molecule has 2 aromatic heterocycles. The van der Waals surface area contributed by atoms with E-state index in [0.717, 1.165) is 25.2 Å². The van der Waals surface area contributed by atoms with Crippen molar-refractivity contribution >= 4 is 17.6 Å². The number of rotatable bonds is 3. The summed E-state index contributed by atoms with van der Waals surface area (Å²) in [5.74, 6) is 0.623. The van der Waals surface area contributed by atoms with Gasteiger partial charge in [0.25, 0.3) is 5.91 Å². The van der Waals surface area contributed by atoms with Crippen LogP contribution in [0.5, 0.6) is 0 Å². The minimum Gasteiger partial charge on any atom is -0.469 e. The van der Waals surface area contributed by atoms with Crippen molar-refractivity contribution < 1.29 is 14.0 Å². The lowest BCUT2D eigenvalue weighted by atomic mass is 9.97. The van der Waals surface area contributed by atoms with E-state index in [9.17, 15) is 9.59 Å². The number of amides is 2. The number of carbonyl (C=O) groups is 2. The average molecular weight is 328 g/mol. The Morgan fingerprint density at radius 1 is 1.29 bits per heavy atom. The number of pyridine rings is 1. The molecule has 0 spiro atoms. The number of piperidine rings is 1. The first-order valence-corrected chi connectivity index (χ1v) is 7.95. The van der Waals surface area contributed by atoms with Gasteiger partial charge in [-0.15, -0.1) is 0 Å². The summed E-state index contributed by atoms with van der Waals surface area (Å²) in [6, 6.07) is 7.30. The molecule has 2 amide bonds. The van der Waals surface area contributed by atoms with Crippen molar-refractivity contribution in [1.29, 1.82) is 0 Å². The second kappa shape index (κ2) is 7.16. The predicted octanol–water partition coefficient (Wildman–Crippen LogP) is 1.66. The van der Waals surface area contributed by atoms with Crippen molar-refractivity contribution in [2.75, 3.05) is 18.0 Å². The molecule has 7 heteroatoms. The standard InChI is InChI=1S/C17H20N4O3/c1-12-14(7-10-24-12)17(23)20-19-16(22)13-5-4-9-21(11-13)15-6-2-3-8-18-15/h2-3,6-8,10,13H,4-5,9,11H2,1H3,(H,19,22)(H,20,23)/t13-/m0/s1. The van der Waals surface area contributed by atoms with Crippen LogP contribution in [0.3, 0.4) is 0 Å². The van der Waals surface area contributed by atoms with Gasteiger partial charge in [-0.1, -0.05) is 6.07 Å². The first-order chi connectivity index (χ1) is 11.6. The number of hydrogen-bond donors (Lipinski definition) is 2. The van der Waals surface area contributed by atoms with Crippen molar-refractivity contribution in [3.63, 3.8) is 0 Å². The highest BCUT2D eigenvalue weighted by Crippen LogP contribution is 2.21. The topological polar surface area (TPSA) is 87.5 Å². The van der Waals surface area contributed by atoms with Crippen LogP contribution in [0.25, 0.3) is 0 Å². The molecular weight excluding hydrogens is 308 g/mol. The minimum absolute atomic E-state index is 0.188. The van der Waals surface area contributed by atoms with Crippen LogP contribution < -0.4 is 15.8 Å². The number of aromatic nitrogens is 1. The van der Waals surface area contributed by atoms with Crippen LogP contribution in [0.2, 0.25) is 0 Å². The second-order valence-corrected chi connectivity index (χ2v) is 5.81. The Labute approximate surface area is 140 Å². The van der Waals surface area contributed by atoms with Crippen molar-refractivity contribution in [3.05, 3.63) is 48.0 Å². The monoisotopic (exact) mass is 328 g/mol. The number of aryl methyl sites for hydroxylation is 1. The lowest BCUT2D eigenvalue weighted by molar-refractivity contribution is -0.126. The third-order valence-electron chi connectivity index (χ3n) is 4.17. The Morgan fingerprint density at radius 3 is 2.88 bits per heavy atom. The molecule has 2 N–H and O–H groups in total. The van der Waals surface area contributed by atoms with Gasteiger partial charge in [0.1, 0.15) is 11.6 Å². The van der Waals surface area contributed by atoms with Gasteiger partial charge in [-0.05, 0) is 38.0 Å². The van der Waals surface area contributed by atoms with E-state index in [4.69, 9.17) is 4.42 Å². The highest BCUT2D eigenvalue weighted by atomic mass is 16.3. The molecule has 2 aromatic rings. The Balaban J connectivity index is 1.55. The molecule has 7 nitrogen and oxygen atoms in total. The van der Waals surface area contributed by atoms with E-state index in [-0.39, 0.29) is 17.7 Å². The minimum atomic E-state index is -0.382. The van der Waals surface area contributed by atoms with Crippen molar-refractivity contribution in [2.45, 2.75) is 19.8 Å². The van der Waals surface area contributed by atoms with E-state index >= 15 is 0 Å². The van der Waals surface area contributed by atoms with Crippen LogP contribution in [0, 0.1) is 12.8 Å². The van der Waals surface area contributed by atoms with E-state index in [2.05, 4.69) is 20.7 Å². The van der Waals surface area contributed by atoms with Gasteiger partial charge in [-0.2, -0.15) is 0 Å². The fourth-order valence-electron chi connectivity index (χ4n) is 2.85. The Morgan fingerprint density at radius 2 is 2.17 bits per heavy atom. The molecule has 0 bridgehead atoms. The largest absolute Gasteiger partial charge is 0.469 e. The van der Waals surface area contributed by atoms with Crippen molar-refractivity contribution in [2.24, 2.45) is 5.92 Å². The maximum absolute atomic E-state index is 12.3. The quantitative estimate of drug-likeness (QED) is 0.837. The summed E-state index contributed by atoms with van der Waals surface area (Å²) in [5.41, 5.74) is 5.37. The van der Waals surface area contributed by atoms with E-state index in [0.29, 0.717) is 17.9 Å². The zero-order chi connectivity index (χ0) is 16.9. The lowest BCUT2D eigenvalue weighted by Gasteiger charge is -2.32. The first kappa shape index (κ1) is 16.0. The zero-order valence-corrected chi connectivity index (χ0v) is 13.5. The molecule has 0 saturated carbocycles. The van der Waals surface area contributed by atoms with Crippen LogP contribution >= 0.6 is 0 Å². The zero-order valence-electron chi connectivity index (χ0n) is 13.5. The van der Waals surface area contributed by atoms with Gasteiger partial charge in [0.2, 0.25) is 5.91 Å². The molecule has 126 valence electrons. The first-order valence-electron chi connectivity index (χ1n) is 7.95. The molecule has 1 saturated heterocycles. The fraction of sp³-hybridized carbons (Fsp3) is 0.353. The highest BCUT2D eigenvalue weighted by Gasteiger charge is 2.27. The summed E-state index contributed by atoms with van der Waals surface area (Å²) in [6.45, 7) is 3.16. The van der Waals surface area contributed by atoms with Gasteiger partial charge < -0.3 is 9.32 Å². The number of nitrogens with zero attached hydrogens (tertiary/aromatic N) is 2. The van der Waals surface area contributed by atoms with Gasteiger partial charge in [-0.25, -0.2) is 4.98 Å². The molecule has 0 aromatic carbocycles. The summed E-state index contributed by atoms with van der Waals surface area (Å²) in [7, 11) is 0. The second-order valence-electron chi connectivity index (χ2n) is 5.81. The molecule has 1 aliphatic rings. The molecule has 1 aliphatic heterocycles.